The number of ether oxygens (including phenoxy) is 2. The molecule has 180 valence electrons. The minimum atomic E-state index is -4.64. The van der Waals surface area contributed by atoms with Crippen LogP contribution in [0.1, 0.15) is 86.0 Å². The van der Waals surface area contributed by atoms with E-state index in [0.29, 0.717) is 11.8 Å². The molecule has 1 atom stereocenters. The van der Waals surface area contributed by atoms with E-state index in [2.05, 4.69) is 30.2 Å². The van der Waals surface area contributed by atoms with Gasteiger partial charge in [0.05, 0.1) is 0 Å². The first-order chi connectivity index (χ1) is 13.6. The highest BCUT2D eigenvalue weighted by molar-refractivity contribution is 4.98. The number of hydrogen-bond acceptors (Lipinski definition) is 2. The average Bonchev–Trinajstić information content (AvgIpc) is 2.57. The van der Waals surface area contributed by atoms with Crippen LogP contribution >= 0.6 is 0 Å². The van der Waals surface area contributed by atoms with Crippen LogP contribution in [-0.4, -0.2) is 31.4 Å². The molecule has 0 rings (SSSR count). The van der Waals surface area contributed by atoms with Gasteiger partial charge in [-0.2, -0.15) is 26.3 Å². The van der Waals surface area contributed by atoms with Crippen molar-refractivity contribution in [1.29, 1.82) is 0 Å². The van der Waals surface area contributed by atoms with E-state index in [1.54, 1.807) is 0 Å². The zero-order valence-corrected chi connectivity index (χ0v) is 18.9. The van der Waals surface area contributed by atoms with Gasteiger partial charge in [-0.15, -0.1) is 0 Å². The van der Waals surface area contributed by atoms with Gasteiger partial charge in [0, 0.05) is 6.42 Å². The molecular formula is C22H38F6O2. The standard InChI is InChI=1S/C22H38F6O2/c1-17(2)9-6-10-18(3)11-7-12-19(4)13-8-14-20(5,29-15-21(23,24)25)30-16-22(26,27)28/h13,17-18H,6-12,14-16H2,1-5H3/b19-13-. The van der Waals surface area contributed by atoms with Gasteiger partial charge in [-0.25, -0.2) is 0 Å². The predicted molar refractivity (Wildman–Crippen MR) is 107 cm³/mol. The Morgan fingerprint density at radius 1 is 0.833 bits per heavy atom. The van der Waals surface area contributed by atoms with Gasteiger partial charge in [0.15, 0.2) is 5.79 Å². The second-order valence-corrected chi connectivity index (χ2v) is 8.85. The van der Waals surface area contributed by atoms with Crippen molar-refractivity contribution in [3.05, 3.63) is 11.6 Å². The van der Waals surface area contributed by atoms with Crippen molar-refractivity contribution in [3.63, 3.8) is 0 Å². The molecule has 0 amide bonds. The first-order valence-electron chi connectivity index (χ1n) is 10.7. The summed E-state index contributed by atoms with van der Waals surface area (Å²) in [6.07, 6.45) is -0.621. The maximum absolute atomic E-state index is 12.4. The lowest BCUT2D eigenvalue weighted by molar-refractivity contribution is -0.305. The molecule has 0 bridgehead atoms. The molecule has 0 aromatic heterocycles. The average molecular weight is 449 g/mol. The van der Waals surface area contributed by atoms with Crippen molar-refractivity contribution in [1.82, 2.24) is 0 Å². The lowest BCUT2D eigenvalue weighted by Gasteiger charge is -2.30. The maximum Gasteiger partial charge on any atom is 0.411 e. The summed E-state index contributed by atoms with van der Waals surface area (Å²) in [5.74, 6) is -0.591. The third kappa shape index (κ3) is 18.0. The SMILES string of the molecule is C/C(=C/CCC(C)(OCC(F)(F)F)OCC(F)(F)F)CCCC(C)CCCC(C)C. The molecule has 0 aromatic carbocycles. The molecule has 0 aromatic rings. The van der Waals surface area contributed by atoms with E-state index in [9.17, 15) is 26.3 Å². The Balaban J connectivity index is 4.44. The molecule has 0 saturated carbocycles. The molecule has 30 heavy (non-hydrogen) atoms. The molecule has 0 aliphatic rings. The first-order valence-corrected chi connectivity index (χ1v) is 10.7. The zero-order chi connectivity index (χ0) is 23.4. The van der Waals surface area contributed by atoms with Crippen molar-refractivity contribution in [2.75, 3.05) is 13.2 Å². The van der Waals surface area contributed by atoms with E-state index in [1.807, 2.05) is 13.0 Å². The van der Waals surface area contributed by atoms with Gasteiger partial charge in [0.25, 0.3) is 0 Å². The predicted octanol–water partition coefficient (Wildman–Crippen LogP) is 8.22. The number of allylic oxidation sites excluding steroid dienone is 2. The molecule has 8 heteroatoms. The Bertz CT molecular complexity index is 465. The summed E-state index contributed by atoms with van der Waals surface area (Å²) in [5, 5.41) is 0. The third-order valence-corrected chi connectivity index (χ3v) is 4.92. The molecule has 0 N–H and O–H groups in total. The van der Waals surface area contributed by atoms with Gasteiger partial charge in [-0.3, -0.25) is 0 Å². The lowest BCUT2D eigenvalue weighted by atomic mass is 9.94. The largest absolute Gasteiger partial charge is 0.411 e. The normalized spacial score (nSPS) is 15.1. The second-order valence-electron chi connectivity index (χ2n) is 8.85. The summed E-state index contributed by atoms with van der Waals surface area (Å²) >= 11 is 0. The summed E-state index contributed by atoms with van der Waals surface area (Å²) in [7, 11) is 0. The summed E-state index contributed by atoms with van der Waals surface area (Å²) in [6, 6.07) is 0. The van der Waals surface area contributed by atoms with Gasteiger partial charge in [0.1, 0.15) is 13.2 Å². The number of rotatable bonds is 15. The van der Waals surface area contributed by atoms with Crippen molar-refractivity contribution >= 4 is 0 Å². The summed E-state index contributed by atoms with van der Waals surface area (Å²) in [5.41, 5.74) is 1.07. The van der Waals surface area contributed by atoms with Crippen LogP contribution in [0.25, 0.3) is 0 Å². The third-order valence-electron chi connectivity index (χ3n) is 4.92. The maximum atomic E-state index is 12.4. The molecule has 0 aliphatic heterocycles. The minimum Gasteiger partial charge on any atom is -0.341 e. The second kappa shape index (κ2) is 13.6. The number of alkyl halides is 6. The molecule has 1 unspecified atom stereocenters. The minimum absolute atomic E-state index is 0.0951. The van der Waals surface area contributed by atoms with Crippen LogP contribution in [0.5, 0.6) is 0 Å². The van der Waals surface area contributed by atoms with Gasteiger partial charge in [-0.05, 0) is 44.9 Å². The first kappa shape index (κ1) is 29.2. The Kier molecular flexibility index (Phi) is 13.3. The number of halogens is 6. The fourth-order valence-corrected chi connectivity index (χ4v) is 3.09. The Hall–Kier alpha value is -0.760. The summed E-state index contributed by atoms with van der Waals surface area (Å²) in [6.45, 7) is 6.40. The zero-order valence-electron chi connectivity index (χ0n) is 18.9. The fourth-order valence-electron chi connectivity index (χ4n) is 3.09. The highest BCUT2D eigenvalue weighted by Gasteiger charge is 2.38. The summed E-state index contributed by atoms with van der Waals surface area (Å²) < 4.78 is 83.8. The fraction of sp³-hybridized carbons (Fsp3) is 0.909. The molecule has 0 fully saturated rings. The van der Waals surface area contributed by atoms with Crippen LogP contribution in [0.2, 0.25) is 0 Å². The van der Waals surface area contributed by atoms with Crippen LogP contribution < -0.4 is 0 Å². The van der Waals surface area contributed by atoms with Crippen molar-refractivity contribution < 1.29 is 35.8 Å². The molecule has 2 nitrogen and oxygen atoms in total. The summed E-state index contributed by atoms with van der Waals surface area (Å²) in [4.78, 5) is 0. The van der Waals surface area contributed by atoms with Gasteiger partial charge in [0.2, 0.25) is 0 Å². The Labute approximate surface area is 177 Å². The topological polar surface area (TPSA) is 18.5 Å². The van der Waals surface area contributed by atoms with Crippen molar-refractivity contribution in [3.8, 4) is 0 Å². The van der Waals surface area contributed by atoms with E-state index in [0.717, 1.165) is 31.8 Å². The highest BCUT2D eigenvalue weighted by Crippen LogP contribution is 2.28. The van der Waals surface area contributed by atoms with E-state index < -0.39 is 31.4 Å². The Morgan fingerprint density at radius 2 is 1.33 bits per heavy atom. The lowest BCUT2D eigenvalue weighted by Crippen LogP contribution is -2.39. The van der Waals surface area contributed by atoms with Crippen molar-refractivity contribution in [2.45, 2.75) is 104 Å². The number of hydrogen-bond donors (Lipinski definition) is 0. The molecule has 0 heterocycles. The van der Waals surface area contributed by atoms with E-state index in [4.69, 9.17) is 0 Å². The van der Waals surface area contributed by atoms with Crippen LogP contribution in [0.15, 0.2) is 11.6 Å². The van der Waals surface area contributed by atoms with E-state index in [-0.39, 0.29) is 12.8 Å². The Morgan fingerprint density at radius 3 is 1.80 bits per heavy atom. The van der Waals surface area contributed by atoms with Crippen LogP contribution in [0.4, 0.5) is 26.3 Å². The van der Waals surface area contributed by atoms with Gasteiger partial charge in [-0.1, -0.05) is 58.1 Å². The van der Waals surface area contributed by atoms with E-state index in [1.165, 1.54) is 19.3 Å². The molecule has 0 saturated heterocycles. The molecule has 0 radical (unpaired) electrons. The van der Waals surface area contributed by atoms with Crippen molar-refractivity contribution in [2.24, 2.45) is 11.8 Å². The smallest absolute Gasteiger partial charge is 0.341 e. The van der Waals surface area contributed by atoms with Crippen LogP contribution in [0.3, 0.4) is 0 Å². The molecule has 0 aliphatic carbocycles. The van der Waals surface area contributed by atoms with Crippen LogP contribution in [0, 0.1) is 11.8 Å². The van der Waals surface area contributed by atoms with Gasteiger partial charge < -0.3 is 9.47 Å². The molecule has 0 spiro atoms. The monoisotopic (exact) mass is 448 g/mol. The van der Waals surface area contributed by atoms with Gasteiger partial charge >= 0.3 is 12.4 Å². The quantitative estimate of drug-likeness (QED) is 0.143. The van der Waals surface area contributed by atoms with E-state index >= 15 is 0 Å². The van der Waals surface area contributed by atoms with Crippen LogP contribution in [-0.2, 0) is 9.47 Å². The highest BCUT2D eigenvalue weighted by atomic mass is 19.4. The molecular weight excluding hydrogens is 410 g/mol.